The van der Waals surface area contributed by atoms with Crippen molar-refractivity contribution in [2.45, 2.75) is 49.4 Å². The van der Waals surface area contributed by atoms with Crippen LogP contribution < -0.4 is 14.8 Å². The second kappa shape index (κ2) is 15.6. The number of aromatic nitrogens is 4. The molecule has 0 fully saturated rings. The maximum atomic E-state index is 13.4. The fourth-order valence-corrected chi connectivity index (χ4v) is 10.0. The Labute approximate surface area is 379 Å². The van der Waals surface area contributed by atoms with Crippen LogP contribution in [0.25, 0.3) is 0 Å². The molecule has 0 aliphatic carbocycles. The minimum absolute atomic E-state index is 0.161. The molecule has 4 unspecified atom stereocenters. The van der Waals surface area contributed by atoms with E-state index in [-0.39, 0.29) is 11.5 Å². The van der Waals surface area contributed by atoms with Gasteiger partial charge in [-0.1, -0.05) is 78.9 Å². The van der Waals surface area contributed by atoms with E-state index in [1.54, 1.807) is 36.4 Å². The van der Waals surface area contributed by atoms with Crippen LogP contribution in [0.2, 0.25) is 0 Å². The smallest absolute Gasteiger partial charge is 0.508 e. The van der Waals surface area contributed by atoms with Crippen LogP contribution in [-0.2, 0) is 21.7 Å². The Hall–Kier alpha value is -7.48. The summed E-state index contributed by atoms with van der Waals surface area (Å²) in [4.78, 5) is 28.9. The molecule has 9 nitrogen and oxygen atoms in total. The molecule has 0 spiro atoms. The van der Waals surface area contributed by atoms with Crippen molar-refractivity contribution in [3.05, 3.63) is 244 Å². The van der Waals surface area contributed by atoms with E-state index in [4.69, 9.17) is 9.47 Å². The normalized spacial score (nSPS) is 22.0. The highest BCUT2D eigenvalue weighted by Gasteiger charge is 2.44. The fraction of sp³-hybridized carbons (Fsp3) is 0.145. The van der Waals surface area contributed by atoms with Gasteiger partial charge in [-0.05, 0) is 152 Å². The summed E-state index contributed by atoms with van der Waals surface area (Å²) in [5.41, 5.74) is 7.43. The van der Waals surface area contributed by atoms with E-state index >= 15 is 0 Å². The lowest BCUT2D eigenvalue weighted by molar-refractivity contribution is 0.151. The second-order valence-electron chi connectivity index (χ2n) is 17.7. The Morgan fingerprint density at radius 1 is 0.385 bits per heavy atom. The summed E-state index contributed by atoms with van der Waals surface area (Å²) in [7, 11) is 2.63. The number of carbonyl (C=O) groups excluding carboxylic acids is 1. The number of ether oxygens (including phenoxy) is 2. The van der Waals surface area contributed by atoms with Crippen LogP contribution in [0.4, 0.5) is 4.79 Å². The number of H-pyrrole nitrogens is 4. The molecule has 2 aliphatic rings. The molecular formula is C55H49N4O5P. The molecule has 9 aromatic rings. The summed E-state index contributed by atoms with van der Waals surface area (Å²) >= 11 is 0. The molecule has 11 rings (SSSR count). The lowest BCUT2D eigenvalue weighted by atomic mass is 9.76. The predicted molar refractivity (Wildman–Crippen MR) is 257 cm³/mol. The molecule has 5 atom stereocenters. The topological polar surface area (TPSA) is 139 Å². The van der Waals surface area contributed by atoms with Crippen LogP contribution in [0.5, 0.6) is 23.0 Å². The Bertz CT molecular complexity index is 3030. The van der Waals surface area contributed by atoms with Crippen molar-refractivity contribution in [3.63, 3.8) is 0 Å². The van der Waals surface area contributed by atoms with Gasteiger partial charge in [0.1, 0.15) is 23.0 Å². The number of aromatic amines is 4. The van der Waals surface area contributed by atoms with E-state index in [0.29, 0.717) is 11.5 Å². The monoisotopic (exact) mass is 876 g/mol. The zero-order chi connectivity index (χ0) is 45.1. The molecule has 5 aromatic carbocycles. The van der Waals surface area contributed by atoms with Gasteiger partial charge in [-0.2, -0.15) is 0 Å². The highest BCUT2D eigenvalue weighted by atomic mass is 31.0. The zero-order valence-electron chi connectivity index (χ0n) is 36.4. The molecule has 2 aliphatic heterocycles. The number of hydrogen-bond donors (Lipinski definition) is 6. The fourth-order valence-electron chi connectivity index (χ4n) is 9.78. The predicted octanol–water partition coefficient (Wildman–Crippen LogP) is 11.2. The molecule has 65 heavy (non-hydrogen) atoms. The van der Waals surface area contributed by atoms with Crippen LogP contribution in [-0.4, -0.2) is 36.3 Å². The van der Waals surface area contributed by atoms with Crippen molar-refractivity contribution in [1.29, 1.82) is 0 Å². The van der Waals surface area contributed by atoms with Gasteiger partial charge in [-0.25, -0.2) is 4.79 Å². The van der Waals surface area contributed by atoms with Gasteiger partial charge in [0.2, 0.25) is 0 Å². The molecule has 6 N–H and O–H groups in total. The maximum absolute atomic E-state index is 13.4. The molecule has 6 heterocycles. The molecule has 0 saturated carbocycles. The number of phenols is 2. The molecule has 0 amide bonds. The van der Waals surface area contributed by atoms with Gasteiger partial charge in [0.15, 0.2) is 0 Å². The summed E-state index contributed by atoms with van der Waals surface area (Å²) in [6, 6.07) is 56.9. The summed E-state index contributed by atoms with van der Waals surface area (Å²) in [6.07, 6.45) is -0.839. The van der Waals surface area contributed by atoms with Crippen molar-refractivity contribution in [3.8, 4) is 23.0 Å². The summed E-state index contributed by atoms with van der Waals surface area (Å²) in [5.74, 6) is 1.02. The van der Waals surface area contributed by atoms with E-state index in [1.807, 2.05) is 91.0 Å². The van der Waals surface area contributed by atoms with Crippen LogP contribution >= 0.6 is 9.24 Å². The Kier molecular flexibility index (Phi) is 10.00. The molecule has 0 radical (unpaired) electrons. The minimum atomic E-state index is -0.839. The van der Waals surface area contributed by atoms with E-state index < -0.39 is 27.8 Å². The van der Waals surface area contributed by atoms with Crippen LogP contribution in [0.15, 0.2) is 176 Å². The number of aromatic hydroxyl groups is 2. The highest BCUT2D eigenvalue weighted by molar-refractivity contribution is 7.27. The third-order valence-electron chi connectivity index (χ3n) is 13.9. The van der Waals surface area contributed by atoms with Crippen molar-refractivity contribution >= 4 is 20.7 Å². The standard InChI is InChI=1S/C49H42N4O5.C6H7P/c1-46(29-9-5-13-33(54)25-29)37-17-18-38(50-37)47(2,30-10-6-14-34(55)26-30)40-20-22-42(52-40)49(4)32-12-8-16-36(28-32)58-45(56)57-35-15-7-11-31(27-35)48(3,41-21-19-39(46)51-41)43-23-24-44(49)53-43;7-6-4-2-1-3-5-6/h5-28,50-55H,1-4H3;1-5H,7H2/t46?,47?,48-,49?;/m1./s1. The third kappa shape index (κ3) is 6.86. The largest absolute Gasteiger partial charge is 0.519 e. The van der Waals surface area contributed by atoms with Gasteiger partial charge < -0.3 is 39.6 Å². The molecule has 0 saturated heterocycles. The first-order valence-electron chi connectivity index (χ1n) is 21.6. The quantitative estimate of drug-likeness (QED) is 0.0583. The average molecular weight is 877 g/mol. The first-order valence-corrected chi connectivity index (χ1v) is 22.2. The first kappa shape index (κ1) is 41.5. The van der Waals surface area contributed by atoms with Gasteiger partial charge in [0.05, 0.1) is 21.7 Å². The highest BCUT2D eigenvalue weighted by Crippen LogP contribution is 2.49. The van der Waals surface area contributed by atoms with Gasteiger partial charge >= 0.3 is 6.16 Å². The van der Waals surface area contributed by atoms with Crippen molar-refractivity contribution in [1.82, 2.24) is 19.9 Å². The number of hydrogen-bond acceptors (Lipinski definition) is 5. The van der Waals surface area contributed by atoms with Crippen LogP contribution in [0, 0.1) is 0 Å². The van der Waals surface area contributed by atoms with E-state index in [0.717, 1.165) is 67.8 Å². The second-order valence-corrected chi connectivity index (χ2v) is 18.3. The first-order chi connectivity index (χ1) is 31.3. The van der Waals surface area contributed by atoms with Gasteiger partial charge in [-0.15, -0.1) is 9.24 Å². The van der Waals surface area contributed by atoms with E-state index in [2.05, 4.69) is 105 Å². The molecule has 10 heteroatoms. The Balaban J connectivity index is 0.000000652. The number of fused-ring (bicyclic) bond motifs is 14. The summed E-state index contributed by atoms with van der Waals surface area (Å²) in [6.45, 7) is 8.62. The maximum Gasteiger partial charge on any atom is 0.519 e. The van der Waals surface area contributed by atoms with Gasteiger partial charge in [0, 0.05) is 45.6 Å². The van der Waals surface area contributed by atoms with Crippen LogP contribution in [0.1, 0.15) is 95.5 Å². The number of phenolic OH excluding ortho intramolecular Hbond substituents is 2. The lowest BCUT2D eigenvalue weighted by Crippen LogP contribution is -2.32. The number of rotatable bonds is 2. The molecule has 14 bridgehead atoms. The number of carbonyl (C=O) groups is 1. The van der Waals surface area contributed by atoms with E-state index in [9.17, 15) is 15.0 Å². The SMILES string of the molecule is CC1(c2cccc(O)c2)c2ccc([nH]2)C(C)(c2cccc(O)c2)c2ccc([nH]2)[C@@]2(C)c3cccc(c3)OC(=O)Oc3cccc(c3)C(C)(c3ccc1[nH]3)c1ccc2[nH]1.Pc1ccccc1. The summed E-state index contributed by atoms with van der Waals surface area (Å²) in [5, 5.41) is 23.0. The third-order valence-corrected chi connectivity index (χ3v) is 14.3. The number of benzene rings is 5. The zero-order valence-corrected chi connectivity index (χ0v) is 37.6. The van der Waals surface area contributed by atoms with Crippen LogP contribution in [0.3, 0.4) is 0 Å². The van der Waals surface area contributed by atoms with Crippen molar-refractivity contribution < 1.29 is 24.5 Å². The average Bonchev–Trinajstić information content (AvgIpc) is 4.17. The van der Waals surface area contributed by atoms with Crippen molar-refractivity contribution in [2.75, 3.05) is 0 Å². The van der Waals surface area contributed by atoms with Gasteiger partial charge in [0.25, 0.3) is 0 Å². The molecular weight excluding hydrogens is 828 g/mol. The lowest BCUT2D eigenvalue weighted by Gasteiger charge is -2.34. The molecule has 4 aromatic heterocycles. The Morgan fingerprint density at radius 2 is 0.677 bits per heavy atom. The minimum Gasteiger partial charge on any atom is -0.508 e. The summed E-state index contributed by atoms with van der Waals surface area (Å²) < 4.78 is 11.7. The van der Waals surface area contributed by atoms with Crippen molar-refractivity contribution in [2.24, 2.45) is 0 Å². The van der Waals surface area contributed by atoms with Gasteiger partial charge in [-0.3, -0.25) is 0 Å². The Morgan fingerprint density at radius 3 is 0.954 bits per heavy atom. The van der Waals surface area contributed by atoms with E-state index in [1.165, 1.54) is 5.30 Å². The number of nitrogens with one attached hydrogen (secondary N) is 4. The molecule has 324 valence electrons.